The molecule has 2 amide bonds. The van der Waals surface area contributed by atoms with Crippen LogP contribution in [-0.4, -0.2) is 16.4 Å². The number of aryl methyl sites for hydroxylation is 1. The van der Waals surface area contributed by atoms with Crippen LogP contribution in [0.4, 0.5) is 11.4 Å². The summed E-state index contributed by atoms with van der Waals surface area (Å²) in [6.45, 7) is 2.64. The second-order valence-electron chi connectivity index (χ2n) is 8.46. The zero-order valence-corrected chi connectivity index (χ0v) is 18.0. The van der Waals surface area contributed by atoms with E-state index in [-0.39, 0.29) is 17.7 Å². The number of nitrogens with zero attached hydrogens (tertiary/aromatic N) is 1. The Labute approximate surface area is 187 Å². The molecule has 0 bridgehead atoms. The van der Waals surface area contributed by atoms with Crippen LogP contribution in [-0.2, 0) is 11.3 Å². The van der Waals surface area contributed by atoms with Gasteiger partial charge in [0.25, 0.3) is 5.91 Å². The second-order valence-corrected chi connectivity index (χ2v) is 8.46. The molecule has 5 nitrogen and oxygen atoms in total. The molecular weight excluding hydrogens is 398 g/mol. The number of fused-ring (bicyclic) bond motifs is 1. The van der Waals surface area contributed by atoms with Gasteiger partial charge in [-0.05, 0) is 61.7 Å². The Morgan fingerprint density at radius 2 is 1.69 bits per heavy atom. The molecule has 1 aliphatic carbocycles. The van der Waals surface area contributed by atoms with Gasteiger partial charge in [-0.15, -0.1) is 0 Å². The van der Waals surface area contributed by atoms with Gasteiger partial charge in [-0.2, -0.15) is 0 Å². The SMILES string of the molecule is Cc1cccc(Cn2c(C(=O)Nc3ccccc3)cc3cc(NC(=O)C4CC4)ccc32)c1. The topological polar surface area (TPSA) is 63.1 Å². The molecule has 1 aliphatic rings. The van der Waals surface area contributed by atoms with Crippen LogP contribution < -0.4 is 10.6 Å². The zero-order valence-electron chi connectivity index (χ0n) is 18.0. The minimum Gasteiger partial charge on any atom is -0.332 e. The van der Waals surface area contributed by atoms with E-state index in [1.165, 1.54) is 5.56 Å². The first-order valence-electron chi connectivity index (χ1n) is 10.9. The lowest BCUT2D eigenvalue weighted by molar-refractivity contribution is -0.117. The van der Waals surface area contributed by atoms with E-state index in [9.17, 15) is 9.59 Å². The maximum absolute atomic E-state index is 13.2. The van der Waals surface area contributed by atoms with Crippen molar-refractivity contribution in [3.05, 3.63) is 95.7 Å². The first kappa shape index (κ1) is 20.1. The maximum atomic E-state index is 13.2. The number of carbonyl (C=O) groups excluding carboxylic acids is 2. The van der Waals surface area contributed by atoms with E-state index in [1.54, 1.807) is 0 Å². The number of amides is 2. The summed E-state index contributed by atoms with van der Waals surface area (Å²) in [5.74, 6) is 0.0537. The van der Waals surface area contributed by atoms with Gasteiger partial charge in [-0.3, -0.25) is 9.59 Å². The van der Waals surface area contributed by atoms with Crippen LogP contribution >= 0.6 is 0 Å². The van der Waals surface area contributed by atoms with Crippen LogP contribution in [0.5, 0.6) is 0 Å². The fraction of sp³-hybridized carbons (Fsp3) is 0.185. The Morgan fingerprint density at radius 3 is 2.44 bits per heavy atom. The molecule has 0 spiro atoms. The lowest BCUT2D eigenvalue weighted by atomic mass is 10.1. The highest BCUT2D eigenvalue weighted by atomic mass is 16.2. The van der Waals surface area contributed by atoms with E-state index >= 15 is 0 Å². The van der Waals surface area contributed by atoms with Gasteiger partial charge in [0.05, 0.1) is 0 Å². The number of nitrogens with one attached hydrogen (secondary N) is 2. The van der Waals surface area contributed by atoms with E-state index < -0.39 is 0 Å². The summed E-state index contributed by atoms with van der Waals surface area (Å²) in [6.07, 6.45) is 1.93. The number of aromatic nitrogens is 1. The van der Waals surface area contributed by atoms with E-state index in [4.69, 9.17) is 0 Å². The third kappa shape index (κ3) is 4.28. The summed E-state index contributed by atoms with van der Waals surface area (Å²) < 4.78 is 2.04. The second kappa shape index (κ2) is 8.35. The van der Waals surface area contributed by atoms with Crippen molar-refractivity contribution >= 4 is 34.1 Å². The highest BCUT2D eigenvalue weighted by molar-refractivity contribution is 6.07. The first-order chi connectivity index (χ1) is 15.6. The van der Waals surface area contributed by atoms with E-state index in [2.05, 4.69) is 35.8 Å². The number of para-hydroxylation sites is 1. The molecule has 5 heteroatoms. The minimum absolute atomic E-state index is 0.0746. The highest BCUT2D eigenvalue weighted by Crippen LogP contribution is 2.31. The van der Waals surface area contributed by atoms with Gasteiger partial charge < -0.3 is 15.2 Å². The maximum Gasteiger partial charge on any atom is 0.272 e. The molecule has 0 radical (unpaired) electrons. The molecule has 0 unspecified atom stereocenters. The predicted octanol–water partition coefficient (Wildman–Crippen LogP) is 5.60. The van der Waals surface area contributed by atoms with Crippen LogP contribution in [0.15, 0.2) is 78.9 Å². The smallest absolute Gasteiger partial charge is 0.272 e. The largest absolute Gasteiger partial charge is 0.332 e. The van der Waals surface area contributed by atoms with Crippen LogP contribution in [0.3, 0.4) is 0 Å². The van der Waals surface area contributed by atoms with E-state index in [0.717, 1.165) is 40.7 Å². The molecule has 3 aromatic carbocycles. The molecule has 160 valence electrons. The normalized spacial score (nSPS) is 13.2. The van der Waals surface area contributed by atoms with Crippen molar-refractivity contribution < 1.29 is 9.59 Å². The molecule has 4 aromatic rings. The van der Waals surface area contributed by atoms with Crippen molar-refractivity contribution in [2.45, 2.75) is 26.3 Å². The molecule has 2 N–H and O–H groups in total. The average molecular weight is 424 g/mol. The number of benzene rings is 3. The van der Waals surface area contributed by atoms with Crippen LogP contribution in [0, 0.1) is 12.8 Å². The fourth-order valence-corrected chi connectivity index (χ4v) is 4.01. The number of hydrogen-bond acceptors (Lipinski definition) is 2. The van der Waals surface area contributed by atoms with Crippen LogP contribution in [0.2, 0.25) is 0 Å². The van der Waals surface area contributed by atoms with Crippen LogP contribution in [0.1, 0.15) is 34.5 Å². The summed E-state index contributed by atoms with van der Waals surface area (Å²) >= 11 is 0. The van der Waals surface area contributed by atoms with Crippen LogP contribution in [0.25, 0.3) is 10.9 Å². The van der Waals surface area contributed by atoms with Gasteiger partial charge in [0.15, 0.2) is 0 Å². The molecular formula is C27H25N3O2. The molecule has 32 heavy (non-hydrogen) atoms. The lowest BCUT2D eigenvalue weighted by Gasteiger charge is -2.12. The van der Waals surface area contributed by atoms with Crippen molar-refractivity contribution in [2.75, 3.05) is 10.6 Å². The highest BCUT2D eigenvalue weighted by Gasteiger charge is 2.29. The average Bonchev–Trinajstić information content (AvgIpc) is 3.58. The molecule has 0 saturated heterocycles. The molecule has 1 saturated carbocycles. The van der Waals surface area contributed by atoms with Crippen molar-refractivity contribution in [1.29, 1.82) is 0 Å². The Kier molecular flexibility index (Phi) is 5.23. The summed E-state index contributed by atoms with van der Waals surface area (Å²) in [5, 5.41) is 6.92. The summed E-state index contributed by atoms with van der Waals surface area (Å²) in [6, 6.07) is 25.5. The minimum atomic E-state index is -0.163. The van der Waals surface area contributed by atoms with Gasteiger partial charge >= 0.3 is 0 Å². The molecule has 0 atom stereocenters. The lowest BCUT2D eigenvalue weighted by Crippen LogP contribution is -2.17. The third-order valence-corrected chi connectivity index (χ3v) is 5.80. The van der Waals surface area contributed by atoms with Gasteiger partial charge in [0.1, 0.15) is 5.69 Å². The Morgan fingerprint density at radius 1 is 0.875 bits per heavy atom. The summed E-state index contributed by atoms with van der Waals surface area (Å²) in [4.78, 5) is 25.4. The Balaban J connectivity index is 1.52. The third-order valence-electron chi connectivity index (χ3n) is 5.80. The molecule has 0 aliphatic heterocycles. The van der Waals surface area contributed by atoms with Gasteiger partial charge in [0, 0.05) is 34.7 Å². The molecule has 1 fully saturated rings. The van der Waals surface area contributed by atoms with Gasteiger partial charge in [-0.25, -0.2) is 0 Å². The van der Waals surface area contributed by atoms with Crippen molar-refractivity contribution in [3.8, 4) is 0 Å². The number of hydrogen-bond donors (Lipinski definition) is 2. The quantitative estimate of drug-likeness (QED) is 0.424. The van der Waals surface area contributed by atoms with Crippen molar-refractivity contribution in [2.24, 2.45) is 5.92 Å². The standard InChI is InChI=1S/C27H25N3O2/c1-18-6-5-7-19(14-18)17-30-24-13-12-23(29-26(31)20-10-11-20)15-21(24)16-25(30)27(32)28-22-8-3-2-4-9-22/h2-9,12-16,20H,10-11,17H2,1H3,(H,28,32)(H,29,31). The van der Waals surface area contributed by atoms with E-state index in [1.807, 2.05) is 65.2 Å². The first-order valence-corrected chi connectivity index (χ1v) is 10.9. The number of rotatable bonds is 6. The molecule has 1 heterocycles. The van der Waals surface area contributed by atoms with Gasteiger partial charge in [-0.1, -0.05) is 48.0 Å². The zero-order chi connectivity index (χ0) is 22.1. The molecule has 1 aromatic heterocycles. The Bertz CT molecular complexity index is 1300. The number of carbonyl (C=O) groups is 2. The summed E-state index contributed by atoms with van der Waals surface area (Å²) in [5.41, 5.74) is 5.35. The van der Waals surface area contributed by atoms with Crippen molar-refractivity contribution in [1.82, 2.24) is 4.57 Å². The van der Waals surface area contributed by atoms with Crippen molar-refractivity contribution in [3.63, 3.8) is 0 Å². The molecule has 5 rings (SSSR count). The van der Waals surface area contributed by atoms with E-state index in [0.29, 0.717) is 12.2 Å². The van der Waals surface area contributed by atoms with Gasteiger partial charge in [0.2, 0.25) is 5.91 Å². The Hall–Kier alpha value is -3.86. The monoisotopic (exact) mass is 423 g/mol. The number of anilines is 2. The fourth-order valence-electron chi connectivity index (χ4n) is 4.01. The predicted molar refractivity (Wildman–Crippen MR) is 128 cm³/mol. The summed E-state index contributed by atoms with van der Waals surface area (Å²) in [7, 11) is 0.